The third-order valence-corrected chi connectivity index (χ3v) is 8.94. The van der Waals surface area contributed by atoms with Gasteiger partial charge in [-0.3, -0.25) is 0 Å². The summed E-state index contributed by atoms with van der Waals surface area (Å²) in [5.41, 5.74) is 0. The molecule has 1 fully saturated rings. The molecule has 0 N–H and O–H groups in total. The molecular weight excluding hydrogens is 426 g/mol. The highest BCUT2D eigenvalue weighted by Gasteiger charge is 2.25. The number of hydrogen-bond acceptors (Lipinski definition) is 4. The Kier molecular flexibility index (Phi) is 9.57. The third kappa shape index (κ3) is 7.14. The molecule has 31 heavy (non-hydrogen) atoms. The predicted octanol–water partition coefficient (Wildman–Crippen LogP) is 5.51. The summed E-state index contributed by atoms with van der Waals surface area (Å²) in [7, 11) is -2.61. The standard InChI is InChI=1S/C25H37NO3S2/c1-21(20-30)26(17-15-22-8-6-7-18-28-19-16-22)31(2,27)25-13-11-24(12-14-25)29-23-9-4-3-5-10-23/h4,9-14,21-22,30H,2-3,5-8,15-20H2,1H3/t21-,22+,31?/m1/s1. The quantitative estimate of drug-likeness (QED) is 0.388. The lowest BCUT2D eigenvalue weighted by atomic mass is 9.94. The van der Waals surface area contributed by atoms with Crippen LogP contribution in [-0.2, 0) is 14.4 Å². The molecule has 2 aliphatic rings. The molecule has 0 radical (unpaired) electrons. The molecule has 172 valence electrons. The fourth-order valence-electron chi connectivity index (χ4n) is 4.14. The molecule has 1 unspecified atom stereocenters. The van der Waals surface area contributed by atoms with Crippen LogP contribution in [0.5, 0.6) is 5.75 Å². The molecule has 6 heteroatoms. The molecule has 1 aliphatic carbocycles. The van der Waals surface area contributed by atoms with Crippen molar-refractivity contribution in [1.82, 2.24) is 4.31 Å². The van der Waals surface area contributed by atoms with Crippen LogP contribution in [0, 0.1) is 5.92 Å². The van der Waals surface area contributed by atoms with Gasteiger partial charge >= 0.3 is 0 Å². The van der Waals surface area contributed by atoms with Crippen molar-refractivity contribution in [2.75, 3.05) is 25.5 Å². The van der Waals surface area contributed by atoms with Crippen LogP contribution in [0.3, 0.4) is 0 Å². The maximum absolute atomic E-state index is 13.9. The highest BCUT2D eigenvalue weighted by atomic mass is 32.2. The maximum atomic E-state index is 13.9. The van der Waals surface area contributed by atoms with Gasteiger partial charge in [0, 0.05) is 36.4 Å². The van der Waals surface area contributed by atoms with E-state index in [1.807, 2.05) is 30.3 Å². The summed E-state index contributed by atoms with van der Waals surface area (Å²) in [4.78, 5) is 0.739. The van der Waals surface area contributed by atoms with E-state index in [2.05, 4.69) is 41.9 Å². The Bertz CT molecular complexity index is 838. The Labute approximate surface area is 194 Å². The smallest absolute Gasteiger partial charge is 0.127 e. The minimum atomic E-state index is -2.61. The van der Waals surface area contributed by atoms with Crippen molar-refractivity contribution < 1.29 is 13.7 Å². The van der Waals surface area contributed by atoms with Crippen molar-refractivity contribution in [2.24, 2.45) is 5.92 Å². The lowest BCUT2D eigenvalue weighted by Gasteiger charge is -2.33. The van der Waals surface area contributed by atoms with Gasteiger partial charge in [-0.1, -0.05) is 18.9 Å². The molecule has 0 amide bonds. The first-order valence-electron chi connectivity index (χ1n) is 11.5. The zero-order chi connectivity index (χ0) is 22.1. The first kappa shape index (κ1) is 24.4. The van der Waals surface area contributed by atoms with E-state index in [0.717, 1.165) is 68.3 Å². The van der Waals surface area contributed by atoms with Crippen molar-refractivity contribution in [2.45, 2.75) is 62.8 Å². The summed E-state index contributed by atoms with van der Waals surface area (Å²) < 4.78 is 27.5. The van der Waals surface area contributed by atoms with Gasteiger partial charge in [-0.15, -0.1) is 0 Å². The lowest BCUT2D eigenvalue weighted by molar-refractivity contribution is 0.0970. The molecule has 0 saturated carbocycles. The first-order valence-corrected chi connectivity index (χ1v) is 13.8. The number of hydrogen-bond donors (Lipinski definition) is 1. The molecule has 1 aliphatic heterocycles. The van der Waals surface area contributed by atoms with Crippen LogP contribution in [0.1, 0.15) is 51.9 Å². The Morgan fingerprint density at radius 3 is 2.74 bits per heavy atom. The highest BCUT2D eigenvalue weighted by Crippen LogP contribution is 2.26. The molecule has 0 spiro atoms. The van der Waals surface area contributed by atoms with Crippen LogP contribution in [0.15, 0.2) is 53.1 Å². The summed E-state index contributed by atoms with van der Waals surface area (Å²) in [5, 5.41) is 0. The fraction of sp³-hybridized carbons (Fsp3) is 0.560. The summed E-state index contributed by atoms with van der Waals surface area (Å²) in [6, 6.07) is 7.63. The van der Waals surface area contributed by atoms with E-state index in [1.54, 1.807) is 0 Å². The SMILES string of the molecule is C=S(=O)(c1ccc(OC2=CCCC=C2)cc1)N(CC[C@@H]1CCCCOCC1)[C@H](C)CS. The van der Waals surface area contributed by atoms with Crippen LogP contribution in [0.25, 0.3) is 0 Å². The van der Waals surface area contributed by atoms with Crippen LogP contribution >= 0.6 is 12.6 Å². The lowest BCUT2D eigenvalue weighted by Crippen LogP contribution is -2.41. The Hall–Kier alpha value is -1.21. The molecule has 3 rings (SSSR count). The van der Waals surface area contributed by atoms with E-state index in [1.165, 1.54) is 12.8 Å². The van der Waals surface area contributed by atoms with E-state index in [-0.39, 0.29) is 6.04 Å². The first-order chi connectivity index (χ1) is 15.0. The van der Waals surface area contributed by atoms with Crippen molar-refractivity contribution in [3.05, 3.63) is 48.3 Å². The monoisotopic (exact) mass is 463 g/mol. The average Bonchev–Trinajstić information content (AvgIpc) is 2.76. The maximum Gasteiger partial charge on any atom is 0.127 e. The van der Waals surface area contributed by atoms with Gasteiger partial charge in [-0.2, -0.15) is 12.6 Å². The number of ether oxygens (including phenoxy) is 2. The second kappa shape index (κ2) is 12.1. The number of rotatable bonds is 9. The van der Waals surface area contributed by atoms with Crippen LogP contribution < -0.4 is 4.74 Å². The number of nitrogens with zero attached hydrogens (tertiary/aromatic N) is 1. The fourth-order valence-corrected chi connectivity index (χ4v) is 6.33. The molecule has 1 aromatic rings. The number of benzene rings is 1. The number of allylic oxidation sites excluding steroid dienone is 3. The van der Waals surface area contributed by atoms with Gasteiger partial charge in [-0.25, -0.2) is 8.51 Å². The normalized spacial score (nSPS) is 22.8. The summed E-state index contributed by atoms with van der Waals surface area (Å²) in [6.07, 6.45) is 13.9. The molecule has 1 saturated heterocycles. The van der Waals surface area contributed by atoms with Gasteiger partial charge in [-0.05, 0) is 87.2 Å². The van der Waals surface area contributed by atoms with Gasteiger partial charge < -0.3 is 9.47 Å². The molecule has 0 aromatic heterocycles. The second-order valence-electron chi connectivity index (χ2n) is 8.52. The average molecular weight is 464 g/mol. The minimum absolute atomic E-state index is 0.0756. The molecule has 1 aromatic carbocycles. The topological polar surface area (TPSA) is 38.8 Å². The zero-order valence-electron chi connectivity index (χ0n) is 18.7. The zero-order valence-corrected chi connectivity index (χ0v) is 20.4. The van der Waals surface area contributed by atoms with E-state index < -0.39 is 9.71 Å². The molecule has 0 bridgehead atoms. The van der Waals surface area contributed by atoms with Crippen molar-refractivity contribution in [3.63, 3.8) is 0 Å². The van der Waals surface area contributed by atoms with Crippen LogP contribution in [0.4, 0.5) is 0 Å². The van der Waals surface area contributed by atoms with Crippen LogP contribution in [-0.4, -0.2) is 45.9 Å². The molecule has 3 atom stereocenters. The molecular formula is C25H37NO3S2. The highest BCUT2D eigenvalue weighted by molar-refractivity contribution is 7.98. The molecule has 4 nitrogen and oxygen atoms in total. The van der Waals surface area contributed by atoms with Gasteiger partial charge in [0.2, 0.25) is 0 Å². The Morgan fingerprint density at radius 2 is 2.03 bits per heavy atom. The minimum Gasteiger partial charge on any atom is -0.458 e. The van der Waals surface area contributed by atoms with Gasteiger partial charge in [0.15, 0.2) is 0 Å². The van der Waals surface area contributed by atoms with Crippen molar-refractivity contribution in [3.8, 4) is 5.75 Å². The Balaban J connectivity index is 1.68. The van der Waals surface area contributed by atoms with E-state index in [0.29, 0.717) is 11.7 Å². The summed E-state index contributed by atoms with van der Waals surface area (Å²) in [6.45, 7) is 4.55. The van der Waals surface area contributed by atoms with E-state index in [4.69, 9.17) is 9.47 Å². The van der Waals surface area contributed by atoms with E-state index >= 15 is 0 Å². The summed E-state index contributed by atoms with van der Waals surface area (Å²) >= 11 is 4.49. The van der Waals surface area contributed by atoms with Crippen molar-refractivity contribution in [1.29, 1.82) is 0 Å². The van der Waals surface area contributed by atoms with Crippen molar-refractivity contribution >= 4 is 28.2 Å². The second-order valence-corrected chi connectivity index (χ2v) is 11.1. The largest absolute Gasteiger partial charge is 0.458 e. The van der Waals surface area contributed by atoms with Crippen LogP contribution in [0.2, 0.25) is 0 Å². The molecule has 1 heterocycles. The van der Waals surface area contributed by atoms with E-state index in [9.17, 15) is 4.21 Å². The van der Waals surface area contributed by atoms with Gasteiger partial charge in [0.05, 0.1) is 9.71 Å². The third-order valence-electron chi connectivity index (χ3n) is 6.10. The number of thiol groups is 1. The van der Waals surface area contributed by atoms with Gasteiger partial charge in [0.25, 0.3) is 0 Å². The summed E-state index contributed by atoms with van der Waals surface area (Å²) in [5.74, 6) is 7.05. The predicted molar refractivity (Wildman–Crippen MR) is 134 cm³/mol. The van der Waals surface area contributed by atoms with Gasteiger partial charge in [0.1, 0.15) is 11.5 Å². The Morgan fingerprint density at radius 1 is 1.23 bits per heavy atom.